The lowest BCUT2D eigenvalue weighted by molar-refractivity contribution is 0.510. The third kappa shape index (κ3) is 2.81. The molecule has 1 unspecified atom stereocenters. The summed E-state index contributed by atoms with van der Waals surface area (Å²) in [5, 5.41) is 7.62. The number of hydrogen-bond donors (Lipinski definition) is 1. The van der Waals surface area contributed by atoms with Crippen molar-refractivity contribution >= 4 is 0 Å². The van der Waals surface area contributed by atoms with E-state index in [9.17, 15) is 0 Å². The fraction of sp³-hybridized carbons (Fsp3) is 0.750. The Balaban J connectivity index is 2.99. The summed E-state index contributed by atoms with van der Waals surface area (Å²) in [7, 11) is 4.02. The van der Waals surface area contributed by atoms with Gasteiger partial charge in [-0.05, 0) is 26.0 Å². The summed E-state index contributed by atoms with van der Waals surface area (Å²) in [6, 6.07) is 0.496. The Morgan fingerprint density at radius 2 is 2.07 bits per heavy atom. The van der Waals surface area contributed by atoms with Crippen LogP contribution in [0.2, 0.25) is 0 Å². The van der Waals surface area contributed by atoms with E-state index in [2.05, 4.69) is 38.1 Å². The zero-order valence-corrected chi connectivity index (χ0v) is 10.8. The Morgan fingerprint density at radius 1 is 1.47 bits per heavy atom. The van der Waals surface area contributed by atoms with Crippen molar-refractivity contribution in [3.05, 3.63) is 17.5 Å². The van der Waals surface area contributed by atoms with Gasteiger partial charge in [-0.1, -0.05) is 20.8 Å². The number of likely N-dealkylation sites (N-methyl/N-ethyl adjacent to an activating group) is 1. The first-order chi connectivity index (χ1) is 6.86. The maximum atomic E-state index is 4.36. The maximum Gasteiger partial charge on any atom is 0.0525 e. The zero-order valence-electron chi connectivity index (χ0n) is 10.8. The van der Waals surface area contributed by atoms with Crippen LogP contribution >= 0.6 is 0 Å². The van der Waals surface area contributed by atoms with E-state index in [1.807, 2.05) is 25.0 Å². The number of nitrogens with one attached hydrogen (secondary N) is 1. The normalized spacial score (nSPS) is 14.3. The van der Waals surface area contributed by atoms with Crippen LogP contribution in [0.15, 0.2) is 6.20 Å². The summed E-state index contributed by atoms with van der Waals surface area (Å²) in [4.78, 5) is 0. The molecule has 1 aromatic heterocycles. The average molecular weight is 209 g/mol. The van der Waals surface area contributed by atoms with Crippen LogP contribution in [-0.2, 0) is 18.9 Å². The van der Waals surface area contributed by atoms with Gasteiger partial charge in [0, 0.05) is 24.2 Å². The molecule has 0 amide bonds. The highest BCUT2D eigenvalue weighted by atomic mass is 15.3. The molecule has 3 nitrogen and oxygen atoms in total. The van der Waals surface area contributed by atoms with Crippen molar-refractivity contribution in [1.82, 2.24) is 15.1 Å². The fourth-order valence-electron chi connectivity index (χ4n) is 2.03. The van der Waals surface area contributed by atoms with E-state index in [1.54, 1.807) is 0 Å². The number of nitrogens with zero attached hydrogens (tertiary/aromatic N) is 2. The summed E-state index contributed by atoms with van der Waals surface area (Å²) in [5.74, 6) is 0. The standard InChI is InChI=1S/C12H23N3/c1-9(13-5)7-10-8-14-15(6)11(10)12(2,3)4/h8-9,13H,7H2,1-6H3. The SMILES string of the molecule is CNC(C)Cc1cnn(C)c1C(C)(C)C. The summed E-state index contributed by atoms with van der Waals surface area (Å²) in [6.07, 6.45) is 3.03. The molecule has 0 saturated carbocycles. The zero-order chi connectivity index (χ0) is 11.6. The molecule has 0 bridgehead atoms. The molecule has 0 aliphatic carbocycles. The van der Waals surface area contributed by atoms with E-state index in [4.69, 9.17) is 0 Å². The second-order valence-corrected chi connectivity index (χ2v) is 5.29. The van der Waals surface area contributed by atoms with Crippen molar-refractivity contribution in [1.29, 1.82) is 0 Å². The van der Waals surface area contributed by atoms with Crippen LogP contribution in [0.5, 0.6) is 0 Å². The van der Waals surface area contributed by atoms with Gasteiger partial charge >= 0.3 is 0 Å². The van der Waals surface area contributed by atoms with Crippen molar-refractivity contribution in [2.75, 3.05) is 7.05 Å². The van der Waals surface area contributed by atoms with E-state index in [-0.39, 0.29) is 5.41 Å². The first-order valence-electron chi connectivity index (χ1n) is 5.55. The molecule has 1 atom stereocenters. The molecular formula is C12H23N3. The highest BCUT2D eigenvalue weighted by molar-refractivity contribution is 5.25. The summed E-state index contributed by atoms with van der Waals surface area (Å²) in [6.45, 7) is 8.89. The predicted molar refractivity (Wildman–Crippen MR) is 64.1 cm³/mol. The van der Waals surface area contributed by atoms with Gasteiger partial charge in [-0.25, -0.2) is 0 Å². The maximum absolute atomic E-state index is 4.36. The first kappa shape index (κ1) is 12.2. The molecular weight excluding hydrogens is 186 g/mol. The number of rotatable bonds is 3. The van der Waals surface area contributed by atoms with Gasteiger partial charge in [-0.2, -0.15) is 5.10 Å². The smallest absolute Gasteiger partial charge is 0.0525 e. The van der Waals surface area contributed by atoms with Crippen molar-refractivity contribution in [2.24, 2.45) is 7.05 Å². The van der Waals surface area contributed by atoms with Crippen LogP contribution in [0.1, 0.15) is 39.0 Å². The molecule has 0 aliphatic heterocycles. The minimum absolute atomic E-state index is 0.161. The lowest BCUT2D eigenvalue weighted by Crippen LogP contribution is -2.26. The molecule has 1 N–H and O–H groups in total. The van der Waals surface area contributed by atoms with Crippen molar-refractivity contribution < 1.29 is 0 Å². The minimum atomic E-state index is 0.161. The molecule has 3 heteroatoms. The van der Waals surface area contributed by atoms with E-state index >= 15 is 0 Å². The quantitative estimate of drug-likeness (QED) is 0.823. The van der Waals surface area contributed by atoms with Crippen molar-refractivity contribution in [3.63, 3.8) is 0 Å². The fourth-order valence-corrected chi connectivity index (χ4v) is 2.03. The second-order valence-electron chi connectivity index (χ2n) is 5.29. The van der Waals surface area contributed by atoms with Crippen LogP contribution in [-0.4, -0.2) is 22.9 Å². The Labute approximate surface area is 92.9 Å². The molecule has 0 radical (unpaired) electrons. The van der Waals surface area contributed by atoms with Crippen LogP contribution < -0.4 is 5.32 Å². The Morgan fingerprint density at radius 3 is 2.53 bits per heavy atom. The van der Waals surface area contributed by atoms with E-state index in [0.717, 1.165) is 6.42 Å². The molecule has 0 spiro atoms. The van der Waals surface area contributed by atoms with Gasteiger partial charge in [-0.15, -0.1) is 0 Å². The van der Waals surface area contributed by atoms with Gasteiger partial charge in [0.1, 0.15) is 0 Å². The molecule has 86 valence electrons. The summed E-state index contributed by atoms with van der Waals surface area (Å²) < 4.78 is 2.00. The largest absolute Gasteiger partial charge is 0.317 e. The molecule has 1 rings (SSSR count). The van der Waals surface area contributed by atoms with Crippen molar-refractivity contribution in [3.8, 4) is 0 Å². The van der Waals surface area contributed by atoms with Crippen LogP contribution in [0.3, 0.4) is 0 Å². The van der Waals surface area contributed by atoms with Crippen LogP contribution in [0.25, 0.3) is 0 Å². The number of aryl methyl sites for hydroxylation is 1. The highest BCUT2D eigenvalue weighted by Gasteiger charge is 2.22. The lowest BCUT2D eigenvalue weighted by atomic mass is 9.87. The molecule has 1 aromatic rings. The third-order valence-electron chi connectivity index (χ3n) is 2.74. The Kier molecular flexibility index (Phi) is 3.55. The first-order valence-corrected chi connectivity index (χ1v) is 5.55. The Bertz CT molecular complexity index is 320. The van der Waals surface area contributed by atoms with Gasteiger partial charge in [0.05, 0.1) is 6.20 Å². The van der Waals surface area contributed by atoms with Gasteiger partial charge in [0.15, 0.2) is 0 Å². The van der Waals surface area contributed by atoms with Gasteiger partial charge in [-0.3, -0.25) is 4.68 Å². The number of aromatic nitrogens is 2. The number of hydrogen-bond acceptors (Lipinski definition) is 2. The van der Waals surface area contributed by atoms with E-state index in [1.165, 1.54) is 11.3 Å². The topological polar surface area (TPSA) is 29.9 Å². The lowest BCUT2D eigenvalue weighted by Gasteiger charge is -2.22. The molecule has 15 heavy (non-hydrogen) atoms. The Hall–Kier alpha value is -0.830. The summed E-state index contributed by atoms with van der Waals surface area (Å²) >= 11 is 0. The van der Waals surface area contributed by atoms with Crippen molar-refractivity contribution in [2.45, 2.75) is 45.6 Å². The van der Waals surface area contributed by atoms with Crippen LogP contribution in [0.4, 0.5) is 0 Å². The molecule has 1 heterocycles. The van der Waals surface area contributed by atoms with E-state index < -0.39 is 0 Å². The predicted octanol–water partition coefficient (Wildman–Crippen LogP) is 1.87. The van der Waals surface area contributed by atoms with Gasteiger partial charge in [0.25, 0.3) is 0 Å². The highest BCUT2D eigenvalue weighted by Crippen LogP contribution is 2.25. The molecule has 0 saturated heterocycles. The molecule has 0 aromatic carbocycles. The van der Waals surface area contributed by atoms with Gasteiger partial charge < -0.3 is 5.32 Å². The van der Waals surface area contributed by atoms with Gasteiger partial charge in [0.2, 0.25) is 0 Å². The second kappa shape index (κ2) is 4.35. The summed E-state index contributed by atoms with van der Waals surface area (Å²) in [5.41, 5.74) is 2.85. The third-order valence-corrected chi connectivity index (χ3v) is 2.74. The monoisotopic (exact) mass is 209 g/mol. The average Bonchev–Trinajstić information content (AvgIpc) is 2.46. The molecule has 0 aliphatic rings. The molecule has 0 fully saturated rings. The van der Waals surface area contributed by atoms with Crippen LogP contribution in [0, 0.1) is 0 Å². The minimum Gasteiger partial charge on any atom is -0.317 e. The van der Waals surface area contributed by atoms with E-state index in [0.29, 0.717) is 6.04 Å².